The molecule has 0 N–H and O–H groups in total. The van der Waals surface area contributed by atoms with Crippen molar-refractivity contribution in [2.45, 2.75) is 0 Å². The molecule has 3 nitrogen and oxygen atoms in total. The zero-order valence-corrected chi connectivity index (χ0v) is 19.7. The third-order valence-electron chi connectivity index (χ3n) is 4.34. The van der Waals surface area contributed by atoms with Crippen molar-refractivity contribution in [2.75, 3.05) is 0 Å². The maximum Gasteiger partial charge on any atom is 1.00 e. The summed E-state index contributed by atoms with van der Waals surface area (Å²) >= 11 is 12.4. The van der Waals surface area contributed by atoms with Crippen LogP contribution in [-0.4, -0.2) is 5.52 Å². The topological polar surface area (TPSA) is 35.5 Å². The average molecular weight is 475 g/mol. The van der Waals surface area contributed by atoms with Crippen LogP contribution in [0.3, 0.4) is 0 Å². The van der Waals surface area contributed by atoms with Crippen LogP contribution in [0.5, 0.6) is 23.0 Å². The molecule has 0 spiro atoms. The summed E-state index contributed by atoms with van der Waals surface area (Å²) in [5.41, 5.74) is 0.157. The summed E-state index contributed by atoms with van der Waals surface area (Å²) < 4.78 is 12.0. The van der Waals surface area contributed by atoms with E-state index in [1.165, 1.54) is 0 Å². The van der Waals surface area contributed by atoms with Gasteiger partial charge in [-0.25, -0.2) is 0 Å². The van der Waals surface area contributed by atoms with Crippen molar-refractivity contribution in [3.8, 4) is 23.0 Å². The molecule has 1 unspecified atom stereocenters. The van der Waals surface area contributed by atoms with E-state index in [4.69, 9.17) is 32.7 Å². The van der Waals surface area contributed by atoms with Crippen molar-refractivity contribution in [3.05, 3.63) is 113 Å². The SMILES string of the molecule is O=C(Pc1ccc(Oc2ccccc2)cc1Oc1ccccc1)c1c(Cl)cccc1Cl.[H-].[Li+]. The van der Waals surface area contributed by atoms with Crippen molar-refractivity contribution >= 4 is 42.6 Å². The van der Waals surface area contributed by atoms with Gasteiger partial charge in [-0.3, -0.25) is 4.79 Å². The molecule has 7 heteroatoms. The maximum absolute atomic E-state index is 13.0. The predicted octanol–water partition coefficient (Wildman–Crippen LogP) is 4.84. The van der Waals surface area contributed by atoms with Crippen LogP contribution in [0, 0.1) is 0 Å². The second-order valence-corrected chi connectivity index (χ2v) is 8.60. The number of para-hydroxylation sites is 2. The molecule has 4 rings (SSSR count). The van der Waals surface area contributed by atoms with E-state index in [1.54, 1.807) is 24.3 Å². The molecule has 1 atom stereocenters. The van der Waals surface area contributed by atoms with Gasteiger partial charge in [-0.2, -0.15) is 0 Å². The Kier molecular flexibility index (Phi) is 8.82. The molecule has 0 saturated heterocycles. The first-order valence-electron chi connectivity index (χ1n) is 9.45. The van der Waals surface area contributed by atoms with E-state index in [0.717, 1.165) is 5.30 Å². The fraction of sp³-hybridized carbons (Fsp3) is 0. The van der Waals surface area contributed by atoms with Crippen LogP contribution in [-0.2, 0) is 0 Å². The van der Waals surface area contributed by atoms with Crippen molar-refractivity contribution in [1.29, 1.82) is 0 Å². The van der Waals surface area contributed by atoms with E-state index in [1.807, 2.05) is 72.8 Å². The number of carbonyl (C=O) groups excluding carboxylic acids is 1. The van der Waals surface area contributed by atoms with Gasteiger partial charge in [0.1, 0.15) is 23.0 Å². The molecule has 0 aliphatic heterocycles. The first-order chi connectivity index (χ1) is 15.1. The third kappa shape index (κ3) is 6.17. The van der Waals surface area contributed by atoms with Gasteiger partial charge in [0.25, 0.3) is 0 Å². The van der Waals surface area contributed by atoms with Crippen molar-refractivity contribution < 1.29 is 34.6 Å². The van der Waals surface area contributed by atoms with Crippen LogP contribution in [0.4, 0.5) is 0 Å². The van der Waals surface area contributed by atoms with Crippen LogP contribution in [0.15, 0.2) is 97.1 Å². The Morgan fingerprint density at radius 1 is 0.688 bits per heavy atom. The second kappa shape index (κ2) is 11.6. The molecule has 0 radical (unpaired) electrons. The molecule has 0 aliphatic carbocycles. The van der Waals surface area contributed by atoms with E-state index in [0.29, 0.717) is 38.6 Å². The van der Waals surface area contributed by atoms with Gasteiger partial charge in [0.2, 0.25) is 0 Å². The van der Waals surface area contributed by atoms with Crippen molar-refractivity contribution in [2.24, 2.45) is 0 Å². The molecule has 156 valence electrons. The summed E-state index contributed by atoms with van der Waals surface area (Å²) in [5, 5.41) is 1.39. The maximum atomic E-state index is 13.0. The molecular weight excluding hydrogens is 457 g/mol. The predicted molar refractivity (Wildman–Crippen MR) is 129 cm³/mol. The third-order valence-corrected chi connectivity index (χ3v) is 6.13. The monoisotopic (exact) mass is 474 g/mol. The molecule has 0 fully saturated rings. The zero-order chi connectivity index (χ0) is 21.6. The summed E-state index contributed by atoms with van der Waals surface area (Å²) in [6.45, 7) is 0. The number of carbonyl (C=O) groups is 1. The Labute approximate surface area is 212 Å². The quantitative estimate of drug-likeness (QED) is 0.284. The molecule has 32 heavy (non-hydrogen) atoms. The van der Waals surface area contributed by atoms with Crippen molar-refractivity contribution in [3.63, 3.8) is 0 Å². The molecule has 0 bridgehead atoms. The molecule has 0 aliphatic rings. The number of hydrogen-bond donors (Lipinski definition) is 0. The zero-order valence-electron chi connectivity index (χ0n) is 18.2. The van der Waals surface area contributed by atoms with E-state index in [-0.39, 0.29) is 34.4 Å². The smallest absolute Gasteiger partial charge is 1.00 e. The van der Waals surface area contributed by atoms with Crippen LogP contribution < -0.4 is 33.6 Å². The van der Waals surface area contributed by atoms with Gasteiger partial charge in [0.05, 0.1) is 15.6 Å². The van der Waals surface area contributed by atoms with E-state index >= 15 is 0 Å². The van der Waals surface area contributed by atoms with Gasteiger partial charge in [-0.1, -0.05) is 65.7 Å². The minimum atomic E-state index is -0.225. The molecule has 4 aromatic rings. The number of rotatable bonds is 7. The average Bonchev–Trinajstić information content (AvgIpc) is 2.77. The Morgan fingerprint density at radius 3 is 1.84 bits per heavy atom. The van der Waals surface area contributed by atoms with E-state index in [2.05, 4.69) is 0 Å². The number of halogens is 2. The van der Waals surface area contributed by atoms with E-state index in [9.17, 15) is 4.79 Å². The molecule has 0 saturated carbocycles. The number of benzene rings is 4. The largest absolute Gasteiger partial charge is 1.00 e. The van der Waals surface area contributed by atoms with Crippen LogP contribution in [0.2, 0.25) is 10.0 Å². The Morgan fingerprint density at radius 2 is 1.25 bits per heavy atom. The standard InChI is InChI=1S/C25H17Cl2O3P.Li.H/c26-20-12-7-13-21(27)24(20)25(28)31-23-15-14-19(29-17-8-3-1-4-9-17)16-22(23)30-18-10-5-2-6-11-18;;/h1-16,31H;;/q;+1;-1. The summed E-state index contributed by atoms with van der Waals surface area (Å²) in [5.74, 6) is 2.51. The molecular formula is C25H18Cl2LiO3P. The molecule has 0 heterocycles. The van der Waals surface area contributed by atoms with E-state index < -0.39 is 0 Å². The molecule has 0 aromatic heterocycles. The Balaban J connectivity index is 0.00000193. The second-order valence-electron chi connectivity index (χ2n) is 6.54. The summed E-state index contributed by atoms with van der Waals surface area (Å²) in [4.78, 5) is 13.0. The summed E-state index contributed by atoms with van der Waals surface area (Å²) in [6.07, 6.45) is 0. The van der Waals surface area contributed by atoms with Gasteiger partial charge < -0.3 is 10.9 Å². The van der Waals surface area contributed by atoms with Crippen molar-refractivity contribution in [1.82, 2.24) is 0 Å². The fourth-order valence-electron chi connectivity index (χ4n) is 2.89. The fourth-order valence-corrected chi connectivity index (χ4v) is 4.67. The van der Waals surface area contributed by atoms with Gasteiger partial charge in [0, 0.05) is 11.4 Å². The summed E-state index contributed by atoms with van der Waals surface area (Å²) in [7, 11) is -0.225. The minimum absolute atomic E-state index is 0. The van der Waals surface area contributed by atoms with Crippen LogP contribution in [0.25, 0.3) is 0 Å². The Hall–Kier alpha value is -2.24. The summed E-state index contributed by atoms with van der Waals surface area (Å²) in [6, 6.07) is 29.3. The van der Waals surface area contributed by atoms with Gasteiger partial charge in [-0.05, 0) is 57.1 Å². The van der Waals surface area contributed by atoms with Gasteiger partial charge in [-0.15, -0.1) is 0 Å². The van der Waals surface area contributed by atoms with Crippen LogP contribution in [0.1, 0.15) is 11.8 Å². The molecule has 4 aromatic carbocycles. The minimum Gasteiger partial charge on any atom is -1.00 e. The number of hydrogen-bond acceptors (Lipinski definition) is 3. The van der Waals surface area contributed by atoms with Crippen LogP contribution >= 0.6 is 31.8 Å². The normalized spacial score (nSPS) is 10.6. The first kappa shape index (κ1) is 24.4. The Bertz CT molecular complexity index is 1190. The molecule has 0 amide bonds. The first-order valence-corrected chi connectivity index (χ1v) is 11.2. The van der Waals surface area contributed by atoms with Gasteiger partial charge in [0.15, 0.2) is 5.52 Å². The van der Waals surface area contributed by atoms with Gasteiger partial charge >= 0.3 is 18.9 Å². The number of ether oxygens (including phenoxy) is 2.